The number of aromatic nitrogens is 1. The zero-order valence-corrected chi connectivity index (χ0v) is 17.0. The fraction of sp³-hybridized carbons (Fsp3) is 0.136. The van der Waals surface area contributed by atoms with Crippen LogP contribution in [0.25, 0.3) is 6.08 Å². The maximum absolute atomic E-state index is 12.1. The molecule has 3 rings (SSSR count). The zero-order valence-electron chi connectivity index (χ0n) is 16.1. The highest BCUT2D eigenvalue weighted by atomic mass is 32.1. The summed E-state index contributed by atoms with van der Waals surface area (Å²) in [5.41, 5.74) is 3.07. The van der Waals surface area contributed by atoms with Crippen LogP contribution in [0.3, 0.4) is 0 Å². The predicted octanol–water partition coefficient (Wildman–Crippen LogP) is 4.64. The average Bonchev–Trinajstić information content (AvgIpc) is 3.11. The first kappa shape index (κ1) is 20.3. The monoisotopic (exact) mass is 407 g/mol. The Balaban J connectivity index is 1.54. The SMILES string of the molecule is CC(=O)Nc1ccc(NC(=O)/C=C/c2cccc(OCc3csc(C)n3)c2)cc1. The molecule has 7 heteroatoms. The lowest BCUT2D eigenvalue weighted by molar-refractivity contribution is -0.114. The van der Waals surface area contributed by atoms with Crippen LogP contribution in [0.2, 0.25) is 0 Å². The van der Waals surface area contributed by atoms with E-state index in [2.05, 4.69) is 15.6 Å². The van der Waals surface area contributed by atoms with E-state index in [1.165, 1.54) is 13.0 Å². The highest BCUT2D eigenvalue weighted by Crippen LogP contribution is 2.18. The molecule has 6 nitrogen and oxygen atoms in total. The van der Waals surface area contributed by atoms with Crippen molar-refractivity contribution in [2.75, 3.05) is 10.6 Å². The van der Waals surface area contributed by atoms with E-state index in [0.717, 1.165) is 16.3 Å². The highest BCUT2D eigenvalue weighted by molar-refractivity contribution is 7.09. The van der Waals surface area contributed by atoms with Gasteiger partial charge in [-0.05, 0) is 55.0 Å². The molecule has 2 amide bonds. The van der Waals surface area contributed by atoms with Gasteiger partial charge in [-0.1, -0.05) is 12.1 Å². The van der Waals surface area contributed by atoms with Crippen LogP contribution in [-0.2, 0) is 16.2 Å². The molecule has 2 N–H and O–H groups in total. The minimum Gasteiger partial charge on any atom is -0.487 e. The molecule has 0 aliphatic carbocycles. The maximum Gasteiger partial charge on any atom is 0.248 e. The van der Waals surface area contributed by atoms with Gasteiger partial charge in [0.15, 0.2) is 0 Å². The van der Waals surface area contributed by atoms with Gasteiger partial charge in [0.25, 0.3) is 0 Å². The molecule has 1 heterocycles. The van der Waals surface area contributed by atoms with E-state index < -0.39 is 0 Å². The molecule has 3 aromatic rings. The van der Waals surface area contributed by atoms with E-state index in [4.69, 9.17) is 4.74 Å². The number of hydrogen-bond acceptors (Lipinski definition) is 5. The Morgan fingerprint density at radius 3 is 2.48 bits per heavy atom. The number of thiazole rings is 1. The topological polar surface area (TPSA) is 80.3 Å². The maximum atomic E-state index is 12.1. The van der Waals surface area contributed by atoms with Gasteiger partial charge >= 0.3 is 0 Å². The van der Waals surface area contributed by atoms with Crippen LogP contribution in [0.4, 0.5) is 11.4 Å². The molecule has 0 fully saturated rings. The molecule has 0 spiro atoms. The number of amides is 2. The van der Waals surface area contributed by atoms with Crippen LogP contribution >= 0.6 is 11.3 Å². The van der Waals surface area contributed by atoms with Crippen LogP contribution in [0.5, 0.6) is 5.75 Å². The zero-order chi connectivity index (χ0) is 20.6. The molecular weight excluding hydrogens is 386 g/mol. The van der Waals surface area contributed by atoms with Crippen LogP contribution in [0.1, 0.15) is 23.2 Å². The quantitative estimate of drug-likeness (QED) is 0.559. The molecule has 0 aliphatic rings. The third-order valence-corrected chi connectivity index (χ3v) is 4.63. The van der Waals surface area contributed by atoms with Crippen LogP contribution in [-0.4, -0.2) is 16.8 Å². The number of carbonyl (C=O) groups excluding carboxylic acids is 2. The molecule has 2 aromatic carbocycles. The number of nitrogens with one attached hydrogen (secondary N) is 2. The normalized spacial score (nSPS) is 10.7. The first-order chi connectivity index (χ1) is 14.0. The number of aryl methyl sites for hydroxylation is 1. The Hall–Kier alpha value is -3.45. The molecule has 0 saturated carbocycles. The van der Waals surface area contributed by atoms with Gasteiger partial charge in [0.2, 0.25) is 11.8 Å². The molecule has 0 saturated heterocycles. The fourth-order valence-corrected chi connectivity index (χ4v) is 3.13. The van der Waals surface area contributed by atoms with Crippen molar-refractivity contribution in [3.05, 3.63) is 76.3 Å². The Labute approximate surface area is 173 Å². The summed E-state index contributed by atoms with van der Waals surface area (Å²) < 4.78 is 5.77. The third-order valence-electron chi connectivity index (χ3n) is 3.81. The van der Waals surface area contributed by atoms with E-state index in [1.807, 2.05) is 36.6 Å². The van der Waals surface area contributed by atoms with Gasteiger partial charge in [-0.15, -0.1) is 11.3 Å². The summed E-state index contributed by atoms with van der Waals surface area (Å²) in [5, 5.41) is 8.45. The number of anilines is 2. The van der Waals surface area contributed by atoms with Crippen LogP contribution < -0.4 is 15.4 Å². The molecule has 0 unspecified atom stereocenters. The molecule has 0 bridgehead atoms. The van der Waals surface area contributed by atoms with Crippen LogP contribution in [0, 0.1) is 6.92 Å². The first-order valence-electron chi connectivity index (χ1n) is 8.98. The van der Waals surface area contributed by atoms with Gasteiger partial charge in [-0.25, -0.2) is 4.98 Å². The first-order valence-corrected chi connectivity index (χ1v) is 9.86. The van der Waals surface area contributed by atoms with Crippen molar-refractivity contribution in [3.63, 3.8) is 0 Å². The molecule has 0 radical (unpaired) electrons. The van der Waals surface area contributed by atoms with Crippen molar-refractivity contribution in [2.45, 2.75) is 20.5 Å². The summed E-state index contributed by atoms with van der Waals surface area (Å²) in [6, 6.07) is 14.4. The van der Waals surface area contributed by atoms with Gasteiger partial charge in [0, 0.05) is 29.8 Å². The van der Waals surface area contributed by atoms with Crippen LogP contribution in [0.15, 0.2) is 60.0 Å². The predicted molar refractivity (Wildman–Crippen MR) is 116 cm³/mol. The molecule has 0 aliphatic heterocycles. The number of ether oxygens (including phenoxy) is 1. The average molecular weight is 407 g/mol. The van der Waals surface area contributed by atoms with Gasteiger partial charge < -0.3 is 15.4 Å². The van der Waals surface area contributed by atoms with E-state index in [-0.39, 0.29) is 11.8 Å². The lowest BCUT2D eigenvalue weighted by atomic mass is 10.2. The van der Waals surface area contributed by atoms with E-state index in [9.17, 15) is 9.59 Å². The lowest BCUT2D eigenvalue weighted by Crippen LogP contribution is -2.08. The van der Waals surface area contributed by atoms with E-state index in [1.54, 1.807) is 41.7 Å². The number of benzene rings is 2. The Kier molecular flexibility index (Phi) is 6.76. The number of carbonyl (C=O) groups is 2. The molecule has 148 valence electrons. The van der Waals surface area contributed by atoms with Crippen molar-refractivity contribution in [1.82, 2.24) is 4.98 Å². The van der Waals surface area contributed by atoms with Gasteiger partial charge in [-0.3, -0.25) is 9.59 Å². The molecule has 1 aromatic heterocycles. The summed E-state index contributed by atoms with van der Waals surface area (Å²) in [6.07, 6.45) is 3.19. The Morgan fingerprint density at radius 2 is 1.83 bits per heavy atom. The molecule has 0 atom stereocenters. The standard InChI is InChI=1S/C22H21N3O3S/c1-15(26)23-18-7-9-19(10-8-18)25-22(27)11-6-17-4-3-5-21(12-17)28-13-20-14-29-16(2)24-20/h3-12,14H,13H2,1-2H3,(H,23,26)(H,25,27)/b11-6+. The lowest BCUT2D eigenvalue weighted by Gasteiger charge is -2.06. The van der Waals surface area contributed by atoms with Crippen molar-refractivity contribution in [2.24, 2.45) is 0 Å². The van der Waals surface area contributed by atoms with Crippen molar-refractivity contribution >= 4 is 40.6 Å². The number of rotatable bonds is 7. The fourth-order valence-electron chi connectivity index (χ4n) is 2.54. The second kappa shape index (κ2) is 9.66. The second-order valence-corrected chi connectivity index (χ2v) is 7.36. The summed E-state index contributed by atoms with van der Waals surface area (Å²) in [5.74, 6) is 0.325. The van der Waals surface area contributed by atoms with E-state index >= 15 is 0 Å². The summed E-state index contributed by atoms with van der Waals surface area (Å²) in [7, 11) is 0. The van der Waals surface area contributed by atoms with Crippen molar-refractivity contribution in [1.29, 1.82) is 0 Å². The van der Waals surface area contributed by atoms with Crippen molar-refractivity contribution < 1.29 is 14.3 Å². The summed E-state index contributed by atoms with van der Waals surface area (Å²) in [6.45, 7) is 3.81. The number of nitrogens with zero attached hydrogens (tertiary/aromatic N) is 1. The summed E-state index contributed by atoms with van der Waals surface area (Å²) >= 11 is 1.59. The van der Waals surface area contributed by atoms with Gasteiger partial charge in [-0.2, -0.15) is 0 Å². The minimum absolute atomic E-state index is 0.141. The summed E-state index contributed by atoms with van der Waals surface area (Å²) in [4.78, 5) is 27.5. The van der Waals surface area contributed by atoms with Gasteiger partial charge in [0.1, 0.15) is 12.4 Å². The Bertz CT molecular complexity index is 1030. The smallest absolute Gasteiger partial charge is 0.248 e. The van der Waals surface area contributed by atoms with Gasteiger partial charge in [0.05, 0.1) is 10.7 Å². The molecular formula is C22H21N3O3S. The minimum atomic E-state index is -0.249. The largest absolute Gasteiger partial charge is 0.487 e. The molecule has 29 heavy (non-hydrogen) atoms. The second-order valence-electron chi connectivity index (χ2n) is 6.30. The number of hydrogen-bond donors (Lipinski definition) is 2. The highest BCUT2D eigenvalue weighted by Gasteiger charge is 2.02. The Morgan fingerprint density at radius 1 is 1.10 bits per heavy atom. The third kappa shape index (κ3) is 6.58. The van der Waals surface area contributed by atoms with E-state index in [0.29, 0.717) is 23.7 Å². The van der Waals surface area contributed by atoms with Crippen molar-refractivity contribution in [3.8, 4) is 5.75 Å².